The van der Waals surface area contributed by atoms with E-state index < -0.39 is 0 Å². The van der Waals surface area contributed by atoms with Crippen LogP contribution in [0, 0.1) is 11.8 Å². The largest absolute Gasteiger partial charge is 0.383 e. The molecule has 1 aromatic rings. The average molecular weight is 268 g/mol. The second kappa shape index (κ2) is 7.87. The summed E-state index contributed by atoms with van der Waals surface area (Å²) in [4.78, 5) is 4.44. The van der Waals surface area contributed by atoms with Gasteiger partial charge in [0, 0.05) is 31.7 Å². The lowest BCUT2D eigenvalue weighted by Crippen LogP contribution is -2.31. The van der Waals surface area contributed by atoms with E-state index in [4.69, 9.17) is 4.74 Å². The van der Waals surface area contributed by atoms with E-state index in [0.29, 0.717) is 0 Å². The van der Waals surface area contributed by atoms with Crippen molar-refractivity contribution in [3.8, 4) is 0 Å². The Bertz CT molecular complexity index is 310. The first-order valence-corrected chi connectivity index (χ1v) is 7.86. The molecule has 1 aliphatic rings. The summed E-state index contributed by atoms with van der Waals surface area (Å²) in [5, 5.41) is 6.90. The summed E-state index contributed by atoms with van der Waals surface area (Å²) in [6.45, 7) is 2.86. The minimum Gasteiger partial charge on any atom is -0.383 e. The molecule has 1 unspecified atom stereocenters. The van der Waals surface area contributed by atoms with Gasteiger partial charge in [-0.2, -0.15) is 0 Å². The first kappa shape index (κ1) is 14.0. The highest BCUT2D eigenvalue weighted by Gasteiger charge is 2.25. The van der Waals surface area contributed by atoms with Gasteiger partial charge in [-0.1, -0.05) is 25.7 Å². The maximum absolute atomic E-state index is 5.08. The lowest BCUT2D eigenvalue weighted by Gasteiger charge is -2.23. The molecule has 0 amide bonds. The van der Waals surface area contributed by atoms with Gasteiger partial charge in [-0.05, 0) is 18.4 Å². The third-order valence-corrected chi connectivity index (χ3v) is 4.68. The van der Waals surface area contributed by atoms with Crippen molar-refractivity contribution in [2.75, 3.05) is 26.8 Å². The van der Waals surface area contributed by atoms with Crippen molar-refractivity contribution in [2.45, 2.75) is 32.1 Å². The Morgan fingerprint density at radius 1 is 1.50 bits per heavy atom. The number of methoxy groups -OCH3 is 1. The molecule has 1 saturated carbocycles. The Balaban J connectivity index is 1.81. The number of nitrogens with one attached hydrogen (secondary N) is 1. The number of ether oxygens (including phenoxy) is 1. The van der Waals surface area contributed by atoms with E-state index in [-0.39, 0.29) is 0 Å². The third kappa shape index (κ3) is 4.34. The van der Waals surface area contributed by atoms with Crippen LogP contribution in [0.25, 0.3) is 0 Å². The number of nitrogens with zero attached hydrogens (tertiary/aromatic N) is 1. The number of aromatic nitrogens is 1. The molecule has 1 aromatic heterocycles. The van der Waals surface area contributed by atoms with Crippen LogP contribution in [0.5, 0.6) is 0 Å². The molecule has 18 heavy (non-hydrogen) atoms. The van der Waals surface area contributed by atoms with Crippen molar-refractivity contribution < 1.29 is 4.74 Å². The zero-order valence-corrected chi connectivity index (χ0v) is 12.0. The lowest BCUT2D eigenvalue weighted by atomic mass is 9.88. The van der Waals surface area contributed by atoms with Crippen LogP contribution in [-0.4, -0.2) is 31.8 Å². The van der Waals surface area contributed by atoms with E-state index in [9.17, 15) is 0 Å². The highest BCUT2D eigenvalue weighted by Crippen LogP contribution is 2.33. The average Bonchev–Trinajstić information content (AvgIpc) is 3.05. The van der Waals surface area contributed by atoms with Crippen LogP contribution >= 0.6 is 11.3 Å². The van der Waals surface area contributed by atoms with E-state index in [2.05, 4.69) is 15.7 Å². The Labute approximate surface area is 114 Å². The van der Waals surface area contributed by atoms with E-state index in [1.807, 2.05) is 6.20 Å². The van der Waals surface area contributed by atoms with Gasteiger partial charge in [-0.3, -0.25) is 0 Å². The summed E-state index contributed by atoms with van der Waals surface area (Å²) in [5.74, 6) is 1.64. The van der Waals surface area contributed by atoms with Gasteiger partial charge in [0.25, 0.3) is 0 Å². The molecule has 0 bridgehead atoms. The quantitative estimate of drug-likeness (QED) is 0.736. The van der Waals surface area contributed by atoms with E-state index in [1.165, 1.54) is 30.7 Å². The summed E-state index contributed by atoms with van der Waals surface area (Å²) in [6, 6.07) is 0. The van der Waals surface area contributed by atoms with E-state index in [1.54, 1.807) is 18.4 Å². The molecule has 0 saturated heterocycles. The van der Waals surface area contributed by atoms with Crippen LogP contribution < -0.4 is 5.32 Å². The molecule has 0 radical (unpaired) electrons. The van der Waals surface area contributed by atoms with Crippen molar-refractivity contribution in [1.82, 2.24) is 10.3 Å². The summed E-state index contributed by atoms with van der Waals surface area (Å²) in [6.07, 6.45) is 8.70. The standard InChI is InChI=1S/C14H24N2OS/c1-17-8-6-15-11-13(12-4-2-3-5-12)10-14-16-7-9-18-14/h7,9,12-13,15H,2-6,8,10-11H2,1H3. The van der Waals surface area contributed by atoms with E-state index >= 15 is 0 Å². The predicted octanol–water partition coefficient (Wildman–Crippen LogP) is 2.73. The van der Waals surface area contributed by atoms with Crippen LogP contribution in [0.3, 0.4) is 0 Å². The fourth-order valence-corrected chi connectivity index (χ4v) is 3.58. The SMILES string of the molecule is COCCNCC(Cc1nccs1)C1CCCC1. The lowest BCUT2D eigenvalue weighted by molar-refractivity contribution is 0.195. The fourth-order valence-electron chi connectivity index (χ4n) is 2.87. The van der Waals surface area contributed by atoms with Gasteiger partial charge in [-0.25, -0.2) is 4.98 Å². The van der Waals surface area contributed by atoms with Crippen molar-refractivity contribution in [1.29, 1.82) is 0 Å². The predicted molar refractivity (Wildman–Crippen MR) is 76.0 cm³/mol. The van der Waals surface area contributed by atoms with Crippen LogP contribution in [0.15, 0.2) is 11.6 Å². The van der Waals surface area contributed by atoms with Crippen LogP contribution in [0.4, 0.5) is 0 Å². The molecular formula is C14H24N2OS. The fraction of sp³-hybridized carbons (Fsp3) is 0.786. The monoisotopic (exact) mass is 268 g/mol. The van der Waals surface area contributed by atoms with Gasteiger partial charge >= 0.3 is 0 Å². The first-order chi connectivity index (χ1) is 8.90. The van der Waals surface area contributed by atoms with Gasteiger partial charge < -0.3 is 10.1 Å². The Morgan fingerprint density at radius 3 is 3.00 bits per heavy atom. The molecule has 4 heteroatoms. The van der Waals surface area contributed by atoms with Gasteiger partial charge in [-0.15, -0.1) is 11.3 Å². The molecule has 0 aliphatic heterocycles. The first-order valence-electron chi connectivity index (χ1n) is 6.98. The maximum Gasteiger partial charge on any atom is 0.0928 e. The van der Waals surface area contributed by atoms with Crippen molar-refractivity contribution in [3.05, 3.63) is 16.6 Å². The smallest absolute Gasteiger partial charge is 0.0928 e. The third-order valence-electron chi connectivity index (χ3n) is 3.88. The van der Waals surface area contributed by atoms with E-state index in [0.717, 1.165) is 38.0 Å². The Kier molecular flexibility index (Phi) is 6.11. The molecule has 0 aromatic carbocycles. The summed E-state index contributed by atoms with van der Waals surface area (Å²) in [5.41, 5.74) is 0. The highest BCUT2D eigenvalue weighted by atomic mass is 32.1. The molecule has 102 valence electrons. The molecule has 2 rings (SSSR count). The molecule has 1 heterocycles. The number of thiazole rings is 1. The van der Waals surface area contributed by atoms with Gasteiger partial charge in [0.1, 0.15) is 0 Å². The molecule has 3 nitrogen and oxygen atoms in total. The Morgan fingerprint density at radius 2 is 2.33 bits per heavy atom. The number of hydrogen-bond acceptors (Lipinski definition) is 4. The molecular weight excluding hydrogens is 244 g/mol. The van der Waals surface area contributed by atoms with Gasteiger partial charge in [0.2, 0.25) is 0 Å². The highest BCUT2D eigenvalue weighted by molar-refractivity contribution is 7.09. The van der Waals surface area contributed by atoms with Gasteiger partial charge in [0.05, 0.1) is 11.6 Å². The maximum atomic E-state index is 5.08. The molecule has 1 N–H and O–H groups in total. The van der Waals surface area contributed by atoms with Crippen LogP contribution in [-0.2, 0) is 11.2 Å². The van der Waals surface area contributed by atoms with Crippen LogP contribution in [0.2, 0.25) is 0 Å². The summed E-state index contributed by atoms with van der Waals surface area (Å²) in [7, 11) is 1.76. The molecule has 0 spiro atoms. The molecule has 1 aliphatic carbocycles. The molecule has 1 fully saturated rings. The van der Waals surface area contributed by atoms with Crippen LogP contribution in [0.1, 0.15) is 30.7 Å². The van der Waals surface area contributed by atoms with Crippen molar-refractivity contribution in [3.63, 3.8) is 0 Å². The number of hydrogen-bond donors (Lipinski definition) is 1. The second-order valence-electron chi connectivity index (χ2n) is 5.13. The topological polar surface area (TPSA) is 34.1 Å². The minimum absolute atomic E-state index is 0.746. The van der Waals surface area contributed by atoms with Crippen molar-refractivity contribution >= 4 is 11.3 Å². The summed E-state index contributed by atoms with van der Waals surface area (Å²) >= 11 is 1.79. The summed E-state index contributed by atoms with van der Waals surface area (Å²) < 4.78 is 5.08. The zero-order chi connectivity index (χ0) is 12.6. The van der Waals surface area contributed by atoms with Gasteiger partial charge in [0.15, 0.2) is 0 Å². The normalized spacial score (nSPS) is 18.3. The second-order valence-corrected chi connectivity index (χ2v) is 6.11. The minimum atomic E-state index is 0.746. The zero-order valence-electron chi connectivity index (χ0n) is 11.2. The van der Waals surface area contributed by atoms with Crippen molar-refractivity contribution in [2.24, 2.45) is 11.8 Å². The number of rotatable bonds is 8. The molecule has 1 atom stereocenters. The Hall–Kier alpha value is -0.450.